The number of alkyl halides is 3. The van der Waals surface area contributed by atoms with Crippen LogP contribution in [0.4, 0.5) is 29.3 Å². The molecule has 0 radical (unpaired) electrons. The van der Waals surface area contributed by atoms with E-state index in [0.717, 1.165) is 17.3 Å². The number of carbonyl (C=O) groups excluding carboxylic acids is 2. The first kappa shape index (κ1) is 26.1. The Labute approximate surface area is 213 Å². The number of fused-ring (bicyclic) bond motifs is 1. The lowest BCUT2D eigenvalue weighted by atomic mass is 9.93. The summed E-state index contributed by atoms with van der Waals surface area (Å²) in [5.41, 5.74) is 5.56. The van der Waals surface area contributed by atoms with E-state index in [9.17, 15) is 32.7 Å². The molecule has 8 nitrogen and oxygen atoms in total. The van der Waals surface area contributed by atoms with Crippen molar-refractivity contribution in [2.45, 2.75) is 44.4 Å². The fourth-order valence-corrected chi connectivity index (χ4v) is 5.64. The maximum absolute atomic E-state index is 13.3. The molecule has 2 aliphatic heterocycles. The molecule has 4 rings (SSSR count). The molecule has 1 unspecified atom stereocenters. The summed E-state index contributed by atoms with van der Waals surface area (Å²) < 4.78 is 39.8. The Balaban J connectivity index is 1.37. The second kappa shape index (κ2) is 10.2. The largest absolute Gasteiger partial charge is 0.481 e. The Morgan fingerprint density at radius 1 is 1.25 bits per heavy atom. The molecule has 36 heavy (non-hydrogen) atoms. The van der Waals surface area contributed by atoms with Crippen LogP contribution in [0.2, 0.25) is 5.02 Å². The number of piperidine rings is 1. The summed E-state index contributed by atoms with van der Waals surface area (Å²) in [4.78, 5) is 40.5. The number of hydrogen-bond acceptors (Lipinski definition) is 5. The van der Waals surface area contributed by atoms with Gasteiger partial charge < -0.3 is 26.0 Å². The predicted molar refractivity (Wildman–Crippen MR) is 129 cm³/mol. The van der Waals surface area contributed by atoms with Crippen LogP contribution in [0.15, 0.2) is 22.9 Å². The number of benzene rings is 1. The molecular formula is C23H24ClF3N4O4S. The standard InChI is InChI=1S/C23H24ClF3N4O4S/c24-17-7-12(6-16(20(17)28)23(25,26)27)5-13(21(33)34)8-19(32)30-3-1-15(2-4-30)31-9-14-10-36-11-18(14)29-22(31)35/h6-7,10-11,13,15H,1-5,8-9,28H2,(H,29,35)(H,33,34). The van der Waals surface area contributed by atoms with Crippen LogP contribution in [-0.2, 0) is 28.7 Å². The SMILES string of the molecule is Nc1c(Cl)cc(CC(CC(=O)N2CCC(N3Cc4cscc4NC3=O)CC2)C(=O)O)cc1C(F)(F)F. The van der Waals surface area contributed by atoms with E-state index in [1.165, 1.54) is 17.4 Å². The molecule has 1 aromatic heterocycles. The van der Waals surface area contributed by atoms with Gasteiger partial charge in [0.15, 0.2) is 0 Å². The molecular weight excluding hydrogens is 521 g/mol. The number of rotatable bonds is 6. The number of nitrogen functional groups attached to an aromatic ring is 1. The number of nitrogens with one attached hydrogen (secondary N) is 1. The van der Waals surface area contributed by atoms with Crippen molar-refractivity contribution in [2.75, 3.05) is 24.1 Å². The van der Waals surface area contributed by atoms with Crippen molar-refractivity contribution in [3.63, 3.8) is 0 Å². The van der Waals surface area contributed by atoms with Gasteiger partial charge >= 0.3 is 18.2 Å². The molecule has 2 aromatic rings. The number of aliphatic carboxylic acids is 1. The van der Waals surface area contributed by atoms with Gasteiger partial charge in [0.1, 0.15) is 0 Å². The van der Waals surface area contributed by atoms with E-state index in [-0.39, 0.29) is 35.5 Å². The van der Waals surface area contributed by atoms with Crippen molar-refractivity contribution >= 4 is 52.2 Å². The van der Waals surface area contributed by atoms with E-state index in [0.29, 0.717) is 32.5 Å². The smallest absolute Gasteiger partial charge is 0.418 e. The molecule has 0 saturated carbocycles. The third kappa shape index (κ3) is 5.54. The van der Waals surface area contributed by atoms with Gasteiger partial charge in [-0.25, -0.2) is 4.79 Å². The highest BCUT2D eigenvalue weighted by molar-refractivity contribution is 7.08. The third-order valence-corrected chi connectivity index (χ3v) is 7.70. The molecule has 0 bridgehead atoms. The fourth-order valence-electron chi connectivity index (χ4n) is 4.62. The summed E-state index contributed by atoms with van der Waals surface area (Å²) in [7, 11) is 0. The van der Waals surface area contributed by atoms with Crippen LogP contribution >= 0.6 is 22.9 Å². The van der Waals surface area contributed by atoms with Crippen molar-refractivity contribution in [1.29, 1.82) is 0 Å². The summed E-state index contributed by atoms with van der Waals surface area (Å²) in [6.45, 7) is 1.19. The highest BCUT2D eigenvalue weighted by Gasteiger charge is 2.36. The number of thiophene rings is 1. The topological polar surface area (TPSA) is 116 Å². The van der Waals surface area contributed by atoms with E-state index in [1.54, 1.807) is 9.80 Å². The Kier molecular flexibility index (Phi) is 7.37. The van der Waals surface area contributed by atoms with E-state index < -0.39 is 35.2 Å². The van der Waals surface area contributed by atoms with Crippen LogP contribution < -0.4 is 11.1 Å². The zero-order valence-corrected chi connectivity index (χ0v) is 20.6. The van der Waals surface area contributed by atoms with Gasteiger partial charge in [-0.2, -0.15) is 13.2 Å². The van der Waals surface area contributed by atoms with Gasteiger partial charge in [-0.1, -0.05) is 11.6 Å². The molecule has 3 heterocycles. The number of carboxylic acids is 1. The lowest BCUT2D eigenvalue weighted by molar-refractivity contribution is -0.146. The first-order valence-corrected chi connectivity index (χ1v) is 12.5. The van der Waals surface area contributed by atoms with Gasteiger partial charge in [0.2, 0.25) is 5.91 Å². The van der Waals surface area contributed by atoms with Gasteiger partial charge in [-0.05, 0) is 42.3 Å². The molecule has 13 heteroatoms. The van der Waals surface area contributed by atoms with Crippen molar-refractivity contribution in [1.82, 2.24) is 9.80 Å². The highest BCUT2D eigenvalue weighted by Crippen LogP contribution is 2.38. The third-order valence-electron chi connectivity index (χ3n) is 6.59. The van der Waals surface area contributed by atoms with E-state index in [1.807, 2.05) is 10.8 Å². The summed E-state index contributed by atoms with van der Waals surface area (Å²) in [6, 6.07) is 1.73. The molecule has 4 N–H and O–H groups in total. The number of carbonyl (C=O) groups is 3. The van der Waals surface area contributed by atoms with Crippen molar-refractivity contribution in [2.24, 2.45) is 5.92 Å². The molecule has 0 aliphatic carbocycles. The average Bonchev–Trinajstić information content (AvgIpc) is 3.26. The van der Waals surface area contributed by atoms with Crippen LogP contribution in [0.5, 0.6) is 0 Å². The van der Waals surface area contributed by atoms with E-state index >= 15 is 0 Å². The second-order valence-corrected chi connectivity index (χ2v) is 10.1. The normalized spacial score (nSPS) is 17.5. The van der Waals surface area contributed by atoms with Crippen LogP contribution in [0.25, 0.3) is 0 Å². The van der Waals surface area contributed by atoms with E-state index in [2.05, 4.69) is 5.32 Å². The molecule has 0 spiro atoms. The van der Waals surface area contributed by atoms with Crippen molar-refractivity contribution in [3.05, 3.63) is 44.6 Å². The minimum Gasteiger partial charge on any atom is -0.481 e. The number of nitrogens with two attached hydrogens (primary N) is 1. The molecule has 1 saturated heterocycles. The minimum atomic E-state index is -4.75. The average molecular weight is 545 g/mol. The Hall–Kier alpha value is -2.99. The summed E-state index contributed by atoms with van der Waals surface area (Å²) in [6.07, 6.45) is -4.35. The number of urea groups is 1. The molecule has 1 aromatic carbocycles. The van der Waals surface area contributed by atoms with E-state index in [4.69, 9.17) is 17.3 Å². The highest BCUT2D eigenvalue weighted by atomic mass is 35.5. The van der Waals surface area contributed by atoms with Crippen molar-refractivity contribution in [3.8, 4) is 0 Å². The Bertz CT molecular complexity index is 1180. The summed E-state index contributed by atoms with van der Waals surface area (Å²) in [5, 5.41) is 16.0. The minimum absolute atomic E-state index is 0.0318. The molecule has 3 amide bonds. The van der Waals surface area contributed by atoms with Crippen LogP contribution in [0.3, 0.4) is 0 Å². The Morgan fingerprint density at radius 2 is 1.94 bits per heavy atom. The molecule has 2 aliphatic rings. The fraction of sp³-hybridized carbons (Fsp3) is 0.435. The lowest BCUT2D eigenvalue weighted by Crippen LogP contribution is -2.51. The summed E-state index contributed by atoms with van der Waals surface area (Å²) in [5.74, 6) is -2.93. The quantitative estimate of drug-likeness (QED) is 0.457. The maximum atomic E-state index is 13.3. The monoisotopic (exact) mass is 544 g/mol. The number of halogens is 4. The van der Waals surface area contributed by atoms with Gasteiger partial charge in [0.05, 0.1) is 34.4 Å². The van der Waals surface area contributed by atoms with Gasteiger partial charge in [0, 0.05) is 36.5 Å². The van der Waals surface area contributed by atoms with Crippen LogP contribution in [0.1, 0.15) is 36.0 Å². The number of hydrogen-bond donors (Lipinski definition) is 3. The van der Waals surface area contributed by atoms with Gasteiger partial charge in [-0.15, -0.1) is 11.3 Å². The van der Waals surface area contributed by atoms with Crippen LogP contribution in [-0.4, -0.2) is 51.9 Å². The lowest BCUT2D eigenvalue weighted by Gasteiger charge is -2.40. The zero-order valence-electron chi connectivity index (χ0n) is 19.0. The van der Waals surface area contributed by atoms with Gasteiger partial charge in [-0.3, -0.25) is 9.59 Å². The number of amides is 3. The Morgan fingerprint density at radius 3 is 2.58 bits per heavy atom. The summed E-state index contributed by atoms with van der Waals surface area (Å²) >= 11 is 7.36. The maximum Gasteiger partial charge on any atom is 0.418 e. The molecule has 1 atom stereocenters. The number of nitrogens with zero attached hydrogens (tertiary/aromatic N) is 2. The number of carboxylic acid groups (broad SMARTS) is 1. The zero-order chi connectivity index (χ0) is 26.2. The van der Waals surface area contributed by atoms with Crippen LogP contribution in [0, 0.1) is 5.92 Å². The number of likely N-dealkylation sites (tertiary alicyclic amines) is 1. The second-order valence-electron chi connectivity index (χ2n) is 8.96. The molecule has 194 valence electrons. The number of anilines is 2. The van der Waals surface area contributed by atoms with Crippen molar-refractivity contribution < 1.29 is 32.7 Å². The molecule has 1 fully saturated rings. The first-order chi connectivity index (χ1) is 16.9. The predicted octanol–water partition coefficient (Wildman–Crippen LogP) is 4.67. The first-order valence-electron chi connectivity index (χ1n) is 11.2. The van der Waals surface area contributed by atoms with Gasteiger partial charge in [0.25, 0.3) is 0 Å².